The molecule has 0 saturated carbocycles. The molecule has 0 N–H and O–H groups in total. The minimum Gasteiger partial charge on any atom is -0.360 e. The molecule has 24 heavy (non-hydrogen) atoms. The van der Waals surface area contributed by atoms with Crippen molar-refractivity contribution in [3.05, 3.63) is 46.3 Å². The maximum atomic E-state index is 12.8. The van der Waals surface area contributed by atoms with E-state index in [-0.39, 0.29) is 4.90 Å². The molecule has 0 atom stereocenters. The van der Waals surface area contributed by atoms with Gasteiger partial charge in [0, 0.05) is 37.7 Å². The topological polar surface area (TPSA) is 66.7 Å². The Morgan fingerprint density at radius 1 is 1.12 bits per heavy atom. The van der Waals surface area contributed by atoms with Crippen LogP contribution in [0.5, 0.6) is 0 Å². The van der Waals surface area contributed by atoms with Gasteiger partial charge in [0.1, 0.15) is 10.6 Å². The molecule has 0 unspecified atom stereocenters. The first-order chi connectivity index (χ1) is 11.4. The van der Waals surface area contributed by atoms with E-state index in [0.717, 1.165) is 6.54 Å². The number of hydrogen-bond acceptors (Lipinski definition) is 5. The first-order valence-electron chi connectivity index (χ1n) is 7.78. The summed E-state index contributed by atoms with van der Waals surface area (Å²) in [6.07, 6.45) is 0. The van der Waals surface area contributed by atoms with Crippen molar-refractivity contribution in [2.75, 3.05) is 26.2 Å². The van der Waals surface area contributed by atoms with Crippen molar-refractivity contribution in [2.45, 2.75) is 25.3 Å². The second-order valence-electron chi connectivity index (χ2n) is 5.96. The third-order valence-electron chi connectivity index (χ3n) is 4.22. The van der Waals surface area contributed by atoms with Gasteiger partial charge in [-0.1, -0.05) is 28.9 Å². The van der Waals surface area contributed by atoms with Crippen LogP contribution in [0, 0.1) is 13.8 Å². The lowest BCUT2D eigenvalue weighted by Crippen LogP contribution is -2.48. The van der Waals surface area contributed by atoms with E-state index >= 15 is 0 Å². The van der Waals surface area contributed by atoms with Crippen LogP contribution in [0.25, 0.3) is 0 Å². The minimum absolute atomic E-state index is 0.202. The highest BCUT2D eigenvalue weighted by Gasteiger charge is 2.33. The second-order valence-corrected chi connectivity index (χ2v) is 8.27. The van der Waals surface area contributed by atoms with Gasteiger partial charge in [0.25, 0.3) is 0 Å². The van der Waals surface area contributed by atoms with Crippen molar-refractivity contribution in [3.63, 3.8) is 0 Å². The van der Waals surface area contributed by atoms with Crippen molar-refractivity contribution < 1.29 is 12.9 Å². The molecular formula is C16H20ClN3O3S. The van der Waals surface area contributed by atoms with Crippen LogP contribution in [0.15, 0.2) is 33.7 Å². The van der Waals surface area contributed by atoms with Gasteiger partial charge in [0.2, 0.25) is 10.0 Å². The molecule has 6 nitrogen and oxygen atoms in total. The molecule has 8 heteroatoms. The average Bonchev–Trinajstić information content (AvgIpc) is 2.89. The molecular weight excluding hydrogens is 350 g/mol. The van der Waals surface area contributed by atoms with Crippen molar-refractivity contribution in [1.82, 2.24) is 14.4 Å². The molecule has 1 aliphatic heterocycles. The predicted molar refractivity (Wildman–Crippen MR) is 91.5 cm³/mol. The first kappa shape index (κ1) is 17.4. The van der Waals surface area contributed by atoms with Gasteiger partial charge < -0.3 is 4.52 Å². The molecule has 2 aromatic rings. The number of halogens is 1. The Balaban J connectivity index is 1.65. The Morgan fingerprint density at radius 2 is 1.75 bits per heavy atom. The van der Waals surface area contributed by atoms with E-state index in [4.69, 9.17) is 16.1 Å². The number of sulfonamides is 1. The summed E-state index contributed by atoms with van der Waals surface area (Å²) in [4.78, 5) is 2.44. The van der Waals surface area contributed by atoms with Crippen molar-refractivity contribution in [1.29, 1.82) is 0 Å². The second kappa shape index (κ2) is 6.84. The zero-order valence-corrected chi connectivity index (χ0v) is 15.3. The Morgan fingerprint density at radius 3 is 2.29 bits per heavy atom. The van der Waals surface area contributed by atoms with Crippen LogP contribution in [0.1, 0.15) is 17.0 Å². The highest BCUT2D eigenvalue weighted by Crippen LogP contribution is 2.24. The number of hydrogen-bond donors (Lipinski definition) is 0. The fourth-order valence-electron chi connectivity index (χ4n) is 2.95. The highest BCUT2D eigenvalue weighted by molar-refractivity contribution is 7.89. The molecule has 2 heterocycles. The molecule has 1 aromatic heterocycles. The van der Waals surface area contributed by atoms with E-state index in [0.29, 0.717) is 42.7 Å². The predicted octanol–water partition coefficient (Wildman–Crippen LogP) is 2.45. The third-order valence-corrected chi connectivity index (χ3v) is 6.61. The van der Waals surface area contributed by atoms with Crippen LogP contribution in [0.4, 0.5) is 0 Å². The molecule has 0 amide bonds. The summed E-state index contributed by atoms with van der Waals surface area (Å²) in [5.41, 5.74) is 1.58. The largest absolute Gasteiger partial charge is 0.360 e. The Bertz CT molecular complexity index is 790. The lowest BCUT2D eigenvalue weighted by Gasteiger charge is -2.33. The van der Waals surface area contributed by atoms with Gasteiger partial charge in [-0.05, 0) is 31.5 Å². The van der Waals surface area contributed by atoms with E-state index in [1.54, 1.807) is 13.8 Å². The number of aryl methyl sites for hydroxylation is 2. The molecule has 1 saturated heterocycles. The standard InChI is InChI=1S/C16H20ClN3O3S/c1-12-16(13(2)23-18-12)24(21,22)20-9-7-19(8-10-20)11-14-3-5-15(17)6-4-14/h3-6H,7-11H2,1-2H3. The summed E-state index contributed by atoms with van der Waals surface area (Å²) >= 11 is 5.90. The molecule has 0 aliphatic carbocycles. The van der Waals surface area contributed by atoms with Gasteiger partial charge in [-0.3, -0.25) is 4.90 Å². The Labute approximate surface area is 147 Å². The SMILES string of the molecule is Cc1noc(C)c1S(=O)(=O)N1CCN(Cc2ccc(Cl)cc2)CC1. The maximum Gasteiger partial charge on any atom is 0.248 e. The molecule has 0 spiro atoms. The summed E-state index contributed by atoms with van der Waals surface area (Å²) in [7, 11) is -3.55. The summed E-state index contributed by atoms with van der Waals surface area (Å²) in [5, 5.41) is 4.47. The third kappa shape index (κ3) is 3.49. The van der Waals surface area contributed by atoms with Crippen molar-refractivity contribution in [3.8, 4) is 0 Å². The van der Waals surface area contributed by atoms with Crippen LogP contribution in [0.3, 0.4) is 0 Å². The van der Waals surface area contributed by atoms with Gasteiger partial charge >= 0.3 is 0 Å². The Kier molecular flexibility index (Phi) is 4.96. The Hall–Kier alpha value is -1.41. The first-order valence-corrected chi connectivity index (χ1v) is 9.59. The van der Waals surface area contributed by atoms with E-state index < -0.39 is 10.0 Å². The van der Waals surface area contributed by atoms with Gasteiger partial charge in [-0.2, -0.15) is 4.31 Å². The summed E-state index contributed by atoms with van der Waals surface area (Å²) < 4.78 is 32.1. The van der Waals surface area contributed by atoms with E-state index in [2.05, 4.69) is 10.1 Å². The van der Waals surface area contributed by atoms with Gasteiger partial charge in [0.15, 0.2) is 5.76 Å². The van der Waals surface area contributed by atoms with E-state index in [1.165, 1.54) is 9.87 Å². The summed E-state index contributed by atoms with van der Waals surface area (Å²) in [6.45, 7) is 6.36. The number of nitrogens with zero attached hydrogens (tertiary/aromatic N) is 3. The van der Waals surface area contributed by atoms with Gasteiger partial charge in [-0.25, -0.2) is 8.42 Å². The molecule has 3 rings (SSSR count). The minimum atomic E-state index is -3.55. The van der Waals surface area contributed by atoms with Crippen LogP contribution >= 0.6 is 11.6 Å². The lowest BCUT2D eigenvalue weighted by molar-refractivity contribution is 0.181. The van der Waals surface area contributed by atoms with Crippen LogP contribution < -0.4 is 0 Å². The molecule has 130 valence electrons. The molecule has 0 bridgehead atoms. The fourth-order valence-corrected chi connectivity index (χ4v) is 4.79. The quantitative estimate of drug-likeness (QED) is 0.828. The normalized spacial score (nSPS) is 17.3. The average molecular weight is 370 g/mol. The zero-order chi connectivity index (χ0) is 17.3. The maximum absolute atomic E-state index is 12.8. The molecule has 1 aromatic carbocycles. The van der Waals surface area contributed by atoms with Crippen LogP contribution in [-0.2, 0) is 16.6 Å². The van der Waals surface area contributed by atoms with Crippen molar-refractivity contribution in [2.24, 2.45) is 0 Å². The monoisotopic (exact) mass is 369 g/mol. The summed E-state index contributed by atoms with van der Waals surface area (Å²) in [6, 6.07) is 7.73. The van der Waals surface area contributed by atoms with Gasteiger partial charge in [0.05, 0.1) is 0 Å². The number of piperazine rings is 1. The van der Waals surface area contributed by atoms with E-state index in [9.17, 15) is 8.42 Å². The fraction of sp³-hybridized carbons (Fsp3) is 0.438. The van der Waals surface area contributed by atoms with Crippen LogP contribution in [-0.4, -0.2) is 49.0 Å². The van der Waals surface area contributed by atoms with E-state index in [1.807, 2.05) is 24.3 Å². The van der Waals surface area contributed by atoms with Crippen LogP contribution in [0.2, 0.25) is 5.02 Å². The lowest BCUT2D eigenvalue weighted by atomic mass is 10.2. The molecule has 0 radical (unpaired) electrons. The zero-order valence-electron chi connectivity index (χ0n) is 13.7. The number of benzene rings is 1. The van der Waals surface area contributed by atoms with Crippen molar-refractivity contribution >= 4 is 21.6 Å². The number of rotatable bonds is 4. The highest BCUT2D eigenvalue weighted by atomic mass is 35.5. The smallest absolute Gasteiger partial charge is 0.248 e. The number of aromatic nitrogens is 1. The molecule has 1 fully saturated rings. The summed E-state index contributed by atoms with van der Waals surface area (Å²) in [5.74, 6) is 0.344. The van der Waals surface area contributed by atoms with Gasteiger partial charge in [-0.15, -0.1) is 0 Å². The molecule has 1 aliphatic rings.